The summed E-state index contributed by atoms with van der Waals surface area (Å²) >= 11 is 0. The number of hydrogen-bond acceptors (Lipinski definition) is 2. The van der Waals surface area contributed by atoms with Gasteiger partial charge >= 0.3 is 0 Å². The molecule has 0 spiro atoms. The summed E-state index contributed by atoms with van der Waals surface area (Å²) in [6, 6.07) is 2.30. The van der Waals surface area contributed by atoms with E-state index < -0.39 is 0 Å². The summed E-state index contributed by atoms with van der Waals surface area (Å²) in [5.41, 5.74) is 0.560. The lowest BCUT2D eigenvalue weighted by atomic mass is 9.73. The van der Waals surface area contributed by atoms with Crippen molar-refractivity contribution in [3.05, 3.63) is 0 Å². The van der Waals surface area contributed by atoms with E-state index in [9.17, 15) is 0 Å². The maximum absolute atomic E-state index is 3.68. The molecule has 112 valence electrons. The first kappa shape index (κ1) is 15.3. The van der Waals surface area contributed by atoms with Crippen LogP contribution in [0.2, 0.25) is 0 Å². The van der Waals surface area contributed by atoms with Crippen LogP contribution in [-0.4, -0.2) is 36.1 Å². The predicted molar refractivity (Wildman–Crippen MR) is 83.5 cm³/mol. The third-order valence-electron chi connectivity index (χ3n) is 5.73. The Balaban J connectivity index is 1.98. The minimum Gasteiger partial charge on any atom is -0.314 e. The fraction of sp³-hybridized carbons (Fsp3) is 1.00. The predicted octanol–water partition coefficient (Wildman–Crippen LogP) is 3.66. The Morgan fingerprint density at radius 1 is 1.21 bits per heavy atom. The number of piperidine rings is 1. The van der Waals surface area contributed by atoms with Crippen LogP contribution >= 0.6 is 0 Å². The van der Waals surface area contributed by atoms with Crippen molar-refractivity contribution >= 4 is 0 Å². The summed E-state index contributed by atoms with van der Waals surface area (Å²) in [4.78, 5) is 2.83. The van der Waals surface area contributed by atoms with E-state index >= 15 is 0 Å². The molecule has 0 amide bonds. The van der Waals surface area contributed by atoms with Gasteiger partial charge in [-0.1, -0.05) is 34.1 Å². The minimum atomic E-state index is 0.560. The van der Waals surface area contributed by atoms with Crippen LogP contribution in [0, 0.1) is 11.3 Å². The van der Waals surface area contributed by atoms with Crippen LogP contribution in [0.15, 0.2) is 0 Å². The van der Waals surface area contributed by atoms with Crippen molar-refractivity contribution < 1.29 is 0 Å². The number of likely N-dealkylation sites (tertiary alicyclic amines) is 1. The minimum absolute atomic E-state index is 0.560. The van der Waals surface area contributed by atoms with Gasteiger partial charge in [-0.15, -0.1) is 0 Å². The van der Waals surface area contributed by atoms with Gasteiger partial charge in [-0.25, -0.2) is 0 Å². The standard InChI is InChI=1S/C17H34N2/c1-6-18-16-9-11-19(14(3)13(16)2)15-8-7-10-17(4,5)12-15/h13-16,18H,6-12H2,1-5H3. The van der Waals surface area contributed by atoms with Crippen LogP contribution in [0.25, 0.3) is 0 Å². The molecule has 0 aromatic rings. The van der Waals surface area contributed by atoms with Crippen LogP contribution in [-0.2, 0) is 0 Å². The zero-order valence-electron chi connectivity index (χ0n) is 13.7. The molecule has 1 saturated heterocycles. The molecule has 1 heterocycles. The molecule has 2 aliphatic rings. The van der Waals surface area contributed by atoms with Gasteiger partial charge in [0.2, 0.25) is 0 Å². The highest BCUT2D eigenvalue weighted by Gasteiger charge is 2.38. The van der Waals surface area contributed by atoms with Gasteiger partial charge in [-0.2, -0.15) is 0 Å². The first-order valence-electron chi connectivity index (χ1n) is 8.44. The summed E-state index contributed by atoms with van der Waals surface area (Å²) in [5.74, 6) is 0.777. The molecule has 0 aromatic heterocycles. The van der Waals surface area contributed by atoms with E-state index in [1.807, 2.05) is 0 Å². The molecule has 0 bridgehead atoms. The van der Waals surface area contributed by atoms with E-state index in [4.69, 9.17) is 0 Å². The molecule has 1 aliphatic heterocycles. The lowest BCUT2D eigenvalue weighted by molar-refractivity contribution is 0.00960. The Morgan fingerprint density at radius 3 is 2.58 bits per heavy atom. The van der Waals surface area contributed by atoms with Gasteiger partial charge in [0.05, 0.1) is 0 Å². The van der Waals surface area contributed by atoms with E-state index in [0.717, 1.165) is 30.6 Å². The summed E-state index contributed by atoms with van der Waals surface area (Å²) in [7, 11) is 0. The van der Waals surface area contributed by atoms with E-state index in [-0.39, 0.29) is 0 Å². The molecular formula is C17H34N2. The van der Waals surface area contributed by atoms with Crippen molar-refractivity contribution in [3.63, 3.8) is 0 Å². The zero-order chi connectivity index (χ0) is 14.0. The second kappa shape index (κ2) is 6.13. The van der Waals surface area contributed by atoms with Crippen molar-refractivity contribution in [1.29, 1.82) is 0 Å². The molecule has 2 rings (SSSR count). The summed E-state index contributed by atoms with van der Waals surface area (Å²) < 4.78 is 0. The molecule has 4 unspecified atom stereocenters. The topological polar surface area (TPSA) is 15.3 Å². The van der Waals surface area contributed by atoms with Crippen molar-refractivity contribution in [2.75, 3.05) is 13.1 Å². The van der Waals surface area contributed by atoms with Gasteiger partial charge in [0.1, 0.15) is 0 Å². The van der Waals surface area contributed by atoms with Crippen molar-refractivity contribution in [1.82, 2.24) is 10.2 Å². The van der Waals surface area contributed by atoms with Crippen LogP contribution in [0.5, 0.6) is 0 Å². The lowest BCUT2D eigenvalue weighted by Gasteiger charge is -2.50. The second-order valence-electron chi connectivity index (χ2n) is 7.70. The molecule has 1 saturated carbocycles. The maximum atomic E-state index is 3.68. The summed E-state index contributed by atoms with van der Waals surface area (Å²) in [6.45, 7) is 14.4. The molecule has 1 aliphatic carbocycles. The number of rotatable bonds is 3. The highest BCUT2D eigenvalue weighted by atomic mass is 15.2. The van der Waals surface area contributed by atoms with Crippen LogP contribution in [0.4, 0.5) is 0 Å². The van der Waals surface area contributed by atoms with Crippen molar-refractivity contribution in [3.8, 4) is 0 Å². The molecule has 1 N–H and O–H groups in total. The number of hydrogen-bond donors (Lipinski definition) is 1. The van der Waals surface area contributed by atoms with Gasteiger partial charge in [-0.05, 0) is 50.5 Å². The molecule has 0 radical (unpaired) electrons. The van der Waals surface area contributed by atoms with Gasteiger partial charge in [-0.3, -0.25) is 4.90 Å². The fourth-order valence-electron chi connectivity index (χ4n) is 4.40. The number of nitrogens with one attached hydrogen (secondary N) is 1. The Morgan fingerprint density at radius 2 is 1.95 bits per heavy atom. The van der Waals surface area contributed by atoms with Crippen LogP contribution in [0.3, 0.4) is 0 Å². The zero-order valence-corrected chi connectivity index (χ0v) is 13.7. The Hall–Kier alpha value is -0.0800. The third kappa shape index (κ3) is 3.52. The third-order valence-corrected chi connectivity index (χ3v) is 5.73. The highest BCUT2D eigenvalue weighted by Crippen LogP contribution is 2.39. The smallest absolute Gasteiger partial charge is 0.0120 e. The van der Waals surface area contributed by atoms with Crippen LogP contribution in [0.1, 0.15) is 66.7 Å². The first-order chi connectivity index (χ1) is 8.94. The number of nitrogens with zero attached hydrogens (tertiary/aromatic N) is 1. The Labute approximate surface area is 120 Å². The van der Waals surface area contributed by atoms with E-state index in [0.29, 0.717) is 5.41 Å². The quantitative estimate of drug-likeness (QED) is 0.838. The van der Waals surface area contributed by atoms with Crippen LogP contribution < -0.4 is 5.32 Å². The molecule has 2 heteroatoms. The van der Waals surface area contributed by atoms with Crippen molar-refractivity contribution in [2.24, 2.45) is 11.3 Å². The molecule has 2 nitrogen and oxygen atoms in total. The molecule has 19 heavy (non-hydrogen) atoms. The Kier molecular flexibility index (Phi) is 4.94. The molecule has 2 fully saturated rings. The summed E-state index contributed by atoms with van der Waals surface area (Å²) in [5, 5.41) is 3.68. The molecule has 0 aromatic carbocycles. The highest BCUT2D eigenvalue weighted by molar-refractivity contribution is 4.94. The second-order valence-corrected chi connectivity index (χ2v) is 7.70. The van der Waals surface area contributed by atoms with E-state index in [1.165, 1.54) is 38.6 Å². The normalized spacial score (nSPS) is 40.3. The van der Waals surface area contributed by atoms with Gasteiger partial charge in [0, 0.05) is 24.7 Å². The summed E-state index contributed by atoms with van der Waals surface area (Å²) in [6.07, 6.45) is 6.99. The van der Waals surface area contributed by atoms with E-state index in [2.05, 4.69) is 44.8 Å². The largest absolute Gasteiger partial charge is 0.314 e. The van der Waals surface area contributed by atoms with Gasteiger partial charge < -0.3 is 5.32 Å². The monoisotopic (exact) mass is 266 g/mol. The molecular weight excluding hydrogens is 232 g/mol. The Bertz CT molecular complexity index is 287. The maximum Gasteiger partial charge on any atom is 0.0120 e. The van der Waals surface area contributed by atoms with Crippen molar-refractivity contribution in [2.45, 2.75) is 84.8 Å². The average molecular weight is 266 g/mol. The van der Waals surface area contributed by atoms with Gasteiger partial charge in [0.25, 0.3) is 0 Å². The van der Waals surface area contributed by atoms with E-state index in [1.54, 1.807) is 0 Å². The first-order valence-corrected chi connectivity index (χ1v) is 8.44. The van der Waals surface area contributed by atoms with Gasteiger partial charge in [0.15, 0.2) is 0 Å². The fourth-order valence-corrected chi connectivity index (χ4v) is 4.40. The molecule has 4 atom stereocenters. The lowest BCUT2D eigenvalue weighted by Crippen LogP contribution is -2.57. The average Bonchev–Trinajstić information content (AvgIpc) is 2.34. The SMILES string of the molecule is CCNC1CCN(C2CCCC(C)(C)C2)C(C)C1C.